The number of carbonyl (C=O) groups excluding carboxylic acids is 1. The number of benzene rings is 2. The Balaban J connectivity index is 2.29. The lowest BCUT2D eigenvalue weighted by atomic mass is 10.1. The predicted molar refractivity (Wildman–Crippen MR) is 78.6 cm³/mol. The quantitative estimate of drug-likeness (QED) is 0.849. The molecule has 0 atom stereocenters. The molecule has 2 N–H and O–H groups in total. The van der Waals surface area contributed by atoms with Gasteiger partial charge in [0.25, 0.3) is 5.91 Å². The van der Waals surface area contributed by atoms with Crippen LogP contribution < -0.4 is 10.1 Å². The third-order valence-electron chi connectivity index (χ3n) is 2.87. The molecule has 1 amide bonds. The van der Waals surface area contributed by atoms with Gasteiger partial charge in [-0.15, -0.1) is 11.6 Å². The zero-order valence-corrected chi connectivity index (χ0v) is 11.6. The van der Waals surface area contributed by atoms with E-state index in [1.165, 1.54) is 13.2 Å². The molecule has 0 aliphatic heterocycles. The largest absolute Gasteiger partial charge is 0.504 e. The van der Waals surface area contributed by atoms with E-state index in [0.29, 0.717) is 11.6 Å². The lowest BCUT2D eigenvalue weighted by Crippen LogP contribution is -2.13. The summed E-state index contributed by atoms with van der Waals surface area (Å²) in [6, 6.07) is 12.0. The summed E-state index contributed by atoms with van der Waals surface area (Å²) in [6.07, 6.45) is 0. The van der Waals surface area contributed by atoms with Crippen LogP contribution in [0.5, 0.6) is 11.5 Å². The Morgan fingerprint density at radius 1 is 1.25 bits per heavy atom. The number of carbonyl (C=O) groups is 1. The molecule has 0 aliphatic carbocycles. The number of phenols is 1. The molecule has 0 aliphatic rings. The highest BCUT2D eigenvalue weighted by Gasteiger charge is 2.15. The molecule has 2 aromatic carbocycles. The van der Waals surface area contributed by atoms with Gasteiger partial charge in [-0.05, 0) is 23.8 Å². The topological polar surface area (TPSA) is 58.6 Å². The van der Waals surface area contributed by atoms with Crippen molar-refractivity contribution in [3.8, 4) is 11.5 Å². The van der Waals surface area contributed by atoms with E-state index in [0.717, 1.165) is 5.56 Å². The smallest absolute Gasteiger partial charge is 0.259 e. The molecule has 5 heteroatoms. The van der Waals surface area contributed by atoms with E-state index in [1.807, 2.05) is 12.1 Å². The van der Waals surface area contributed by atoms with E-state index in [2.05, 4.69) is 5.32 Å². The number of nitrogens with one attached hydrogen (secondary N) is 1. The van der Waals surface area contributed by atoms with Crippen LogP contribution in [0.1, 0.15) is 15.9 Å². The number of hydrogen-bond donors (Lipinski definition) is 2. The second-order valence-corrected chi connectivity index (χ2v) is 4.37. The number of methoxy groups -OCH3 is 1. The van der Waals surface area contributed by atoms with E-state index in [-0.39, 0.29) is 17.1 Å². The molecule has 0 spiro atoms. The molecule has 0 saturated carbocycles. The van der Waals surface area contributed by atoms with Crippen LogP contribution in [-0.2, 0) is 5.88 Å². The second-order valence-electron chi connectivity index (χ2n) is 4.10. The van der Waals surface area contributed by atoms with Crippen LogP contribution in [0.4, 0.5) is 5.69 Å². The van der Waals surface area contributed by atoms with Crippen molar-refractivity contribution in [3.05, 3.63) is 53.6 Å². The molecule has 0 aromatic heterocycles. The van der Waals surface area contributed by atoms with Crippen LogP contribution in [0.25, 0.3) is 0 Å². The maximum Gasteiger partial charge on any atom is 0.259 e. The maximum absolute atomic E-state index is 12.2. The summed E-state index contributed by atoms with van der Waals surface area (Å²) in [5.74, 6) is -0.0568. The highest BCUT2D eigenvalue weighted by molar-refractivity contribution is 6.17. The Kier molecular flexibility index (Phi) is 4.48. The number of hydrogen-bond acceptors (Lipinski definition) is 3. The minimum Gasteiger partial charge on any atom is -0.504 e. The molecule has 0 radical (unpaired) electrons. The Bertz CT molecular complexity index is 628. The first-order valence-electron chi connectivity index (χ1n) is 5.98. The lowest BCUT2D eigenvalue weighted by molar-refractivity contribution is 0.102. The summed E-state index contributed by atoms with van der Waals surface area (Å²) in [6.45, 7) is 0. The van der Waals surface area contributed by atoms with E-state index < -0.39 is 5.91 Å². The zero-order valence-electron chi connectivity index (χ0n) is 10.9. The summed E-state index contributed by atoms with van der Waals surface area (Å²) in [7, 11) is 1.43. The molecule has 104 valence electrons. The number of ether oxygens (including phenoxy) is 1. The Labute approximate surface area is 122 Å². The van der Waals surface area contributed by atoms with Crippen molar-refractivity contribution < 1.29 is 14.6 Å². The monoisotopic (exact) mass is 291 g/mol. The van der Waals surface area contributed by atoms with Crippen molar-refractivity contribution in [2.75, 3.05) is 12.4 Å². The van der Waals surface area contributed by atoms with Crippen LogP contribution in [0.15, 0.2) is 42.5 Å². The fourth-order valence-corrected chi connectivity index (χ4v) is 2.05. The van der Waals surface area contributed by atoms with Crippen molar-refractivity contribution in [1.82, 2.24) is 0 Å². The van der Waals surface area contributed by atoms with Crippen molar-refractivity contribution in [3.63, 3.8) is 0 Å². The van der Waals surface area contributed by atoms with Crippen LogP contribution in [0.3, 0.4) is 0 Å². The summed E-state index contributed by atoms with van der Waals surface area (Å²) >= 11 is 5.82. The van der Waals surface area contributed by atoms with Crippen LogP contribution in [-0.4, -0.2) is 18.1 Å². The van der Waals surface area contributed by atoms with Gasteiger partial charge in [0.15, 0.2) is 11.5 Å². The van der Waals surface area contributed by atoms with Crippen LogP contribution in [0.2, 0.25) is 0 Å². The standard InChI is InChI=1S/C15H14ClNO3/c1-20-13-8-4-6-11(14(13)18)15(19)17-12-7-3-2-5-10(12)9-16/h2-8,18H,9H2,1H3,(H,17,19). The van der Waals surface area contributed by atoms with Crippen LogP contribution in [0, 0.1) is 0 Å². The summed E-state index contributed by atoms with van der Waals surface area (Å²) in [4.78, 5) is 12.2. The Hall–Kier alpha value is -2.20. The van der Waals surface area contributed by atoms with Crippen molar-refractivity contribution in [2.24, 2.45) is 0 Å². The van der Waals surface area contributed by atoms with Gasteiger partial charge in [0.1, 0.15) is 0 Å². The highest BCUT2D eigenvalue weighted by atomic mass is 35.5. The van der Waals surface area contributed by atoms with E-state index >= 15 is 0 Å². The Morgan fingerprint density at radius 3 is 2.70 bits per heavy atom. The molecule has 0 unspecified atom stereocenters. The summed E-state index contributed by atoms with van der Waals surface area (Å²) in [5, 5.41) is 12.7. The van der Waals surface area contributed by atoms with Gasteiger partial charge < -0.3 is 15.2 Å². The van der Waals surface area contributed by atoms with Crippen molar-refractivity contribution in [2.45, 2.75) is 5.88 Å². The first kappa shape index (κ1) is 14.2. The molecule has 2 aromatic rings. The molecule has 0 heterocycles. The maximum atomic E-state index is 12.2. The second kappa shape index (κ2) is 6.30. The van der Waals surface area contributed by atoms with Gasteiger partial charge in [-0.25, -0.2) is 0 Å². The summed E-state index contributed by atoms with van der Waals surface area (Å²) in [5.41, 5.74) is 1.58. The number of para-hydroxylation sites is 2. The number of aromatic hydroxyl groups is 1. The van der Waals surface area contributed by atoms with Crippen molar-refractivity contribution >= 4 is 23.2 Å². The fraction of sp³-hybridized carbons (Fsp3) is 0.133. The van der Waals surface area contributed by atoms with Gasteiger partial charge in [0.05, 0.1) is 12.7 Å². The number of phenolic OH excluding ortho intramolecular Hbond substituents is 1. The first-order chi connectivity index (χ1) is 9.67. The SMILES string of the molecule is COc1cccc(C(=O)Nc2ccccc2CCl)c1O. The van der Waals surface area contributed by atoms with Gasteiger partial charge in [0.2, 0.25) is 0 Å². The van der Waals surface area contributed by atoms with Gasteiger partial charge in [-0.1, -0.05) is 24.3 Å². The molecule has 0 bridgehead atoms. The third-order valence-corrected chi connectivity index (χ3v) is 3.16. The Morgan fingerprint density at radius 2 is 2.00 bits per heavy atom. The van der Waals surface area contributed by atoms with Gasteiger partial charge in [-0.2, -0.15) is 0 Å². The normalized spacial score (nSPS) is 10.1. The highest BCUT2D eigenvalue weighted by Crippen LogP contribution is 2.30. The predicted octanol–water partition coefficient (Wildman–Crippen LogP) is 3.39. The molecule has 0 fully saturated rings. The molecule has 4 nitrogen and oxygen atoms in total. The van der Waals surface area contributed by atoms with Gasteiger partial charge in [0, 0.05) is 11.6 Å². The average Bonchev–Trinajstić information content (AvgIpc) is 2.48. The van der Waals surface area contributed by atoms with E-state index in [4.69, 9.17) is 16.3 Å². The number of anilines is 1. The van der Waals surface area contributed by atoms with Crippen molar-refractivity contribution in [1.29, 1.82) is 0 Å². The number of alkyl halides is 1. The van der Waals surface area contributed by atoms with Crippen LogP contribution >= 0.6 is 11.6 Å². The number of rotatable bonds is 4. The molecule has 0 saturated heterocycles. The lowest BCUT2D eigenvalue weighted by Gasteiger charge is -2.11. The minimum atomic E-state index is -0.418. The first-order valence-corrected chi connectivity index (χ1v) is 6.52. The van der Waals surface area contributed by atoms with E-state index in [1.54, 1.807) is 24.3 Å². The number of amides is 1. The number of halogens is 1. The zero-order chi connectivity index (χ0) is 14.5. The molecule has 20 heavy (non-hydrogen) atoms. The summed E-state index contributed by atoms with van der Waals surface area (Å²) < 4.78 is 4.98. The molecular formula is C15H14ClNO3. The molecule has 2 rings (SSSR count). The fourth-order valence-electron chi connectivity index (χ4n) is 1.82. The minimum absolute atomic E-state index is 0.147. The van der Waals surface area contributed by atoms with Gasteiger partial charge >= 0.3 is 0 Å². The van der Waals surface area contributed by atoms with E-state index in [9.17, 15) is 9.90 Å². The third kappa shape index (κ3) is 2.86. The van der Waals surface area contributed by atoms with Gasteiger partial charge in [-0.3, -0.25) is 4.79 Å². The average molecular weight is 292 g/mol. The molecular weight excluding hydrogens is 278 g/mol.